The van der Waals surface area contributed by atoms with Gasteiger partial charge in [0.2, 0.25) is 0 Å². The first kappa shape index (κ1) is 19.7. The Morgan fingerprint density at radius 2 is 1.72 bits per heavy atom. The lowest BCUT2D eigenvalue weighted by molar-refractivity contribution is -0.210. The summed E-state index contributed by atoms with van der Waals surface area (Å²) < 4.78 is 5.84. The van der Waals surface area contributed by atoms with Crippen LogP contribution in [0, 0.1) is 29.1 Å². The van der Waals surface area contributed by atoms with E-state index in [0.29, 0.717) is 17.0 Å². The fraction of sp³-hybridized carbons (Fsp3) is 1.00. The molecule has 3 unspecified atom stereocenters. The minimum absolute atomic E-state index is 0.368. The Balaban J connectivity index is 1.84. The van der Waals surface area contributed by atoms with Crippen LogP contribution in [0.15, 0.2) is 0 Å². The zero-order chi connectivity index (χ0) is 18.2. The van der Waals surface area contributed by atoms with Crippen molar-refractivity contribution in [3.05, 3.63) is 0 Å². The SMILES string of the molecule is CC(C)C1CC2CCN(C(C)C)C3(COC3)C2CCCCC(C)(C)C1. The summed E-state index contributed by atoms with van der Waals surface area (Å²) in [6.07, 6.45) is 9.96. The van der Waals surface area contributed by atoms with Gasteiger partial charge < -0.3 is 4.74 Å². The number of hydrogen-bond donors (Lipinski definition) is 0. The van der Waals surface area contributed by atoms with Crippen LogP contribution in [0.4, 0.5) is 0 Å². The highest BCUT2D eigenvalue weighted by Crippen LogP contribution is 2.50. The molecule has 2 nitrogen and oxygen atoms in total. The van der Waals surface area contributed by atoms with Crippen molar-refractivity contribution in [2.45, 2.75) is 98.1 Å². The van der Waals surface area contributed by atoms with Crippen molar-refractivity contribution in [3.63, 3.8) is 0 Å². The first-order valence-electron chi connectivity index (χ1n) is 11.1. The summed E-state index contributed by atoms with van der Waals surface area (Å²) in [7, 11) is 0. The molecule has 2 saturated heterocycles. The molecule has 0 aromatic carbocycles. The quantitative estimate of drug-likeness (QED) is 0.629. The number of hydrogen-bond acceptors (Lipinski definition) is 2. The van der Waals surface area contributed by atoms with E-state index in [4.69, 9.17) is 4.74 Å². The summed E-state index contributed by atoms with van der Waals surface area (Å²) in [5, 5.41) is 0. The van der Waals surface area contributed by atoms with E-state index in [-0.39, 0.29) is 0 Å². The summed E-state index contributed by atoms with van der Waals surface area (Å²) >= 11 is 0. The van der Waals surface area contributed by atoms with Gasteiger partial charge in [0.05, 0.1) is 18.8 Å². The van der Waals surface area contributed by atoms with E-state index in [1.165, 1.54) is 51.5 Å². The molecule has 3 rings (SSSR count). The van der Waals surface area contributed by atoms with Gasteiger partial charge in [0.1, 0.15) is 0 Å². The molecule has 0 N–H and O–H groups in total. The maximum atomic E-state index is 5.84. The smallest absolute Gasteiger partial charge is 0.0711 e. The van der Waals surface area contributed by atoms with Gasteiger partial charge in [-0.1, -0.05) is 40.5 Å². The van der Waals surface area contributed by atoms with Crippen LogP contribution in [-0.4, -0.2) is 36.2 Å². The standard InChI is InChI=1S/C23H43NO/c1-17(2)20-13-19-10-12-24(18(3)4)23(15-25-16-23)21(19)9-7-8-11-22(5,6)14-20/h17-21H,7-16H2,1-6H3. The van der Waals surface area contributed by atoms with Crippen LogP contribution in [0.5, 0.6) is 0 Å². The van der Waals surface area contributed by atoms with Crippen molar-refractivity contribution < 1.29 is 4.74 Å². The van der Waals surface area contributed by atoms with Crippen molar-refractivity contribution in [2.24, 2.45) is 29.1 Å². The first-order chi connectivity index (χ1) is 11.8. The maximum Gasteiger partial charge on any atom is 0.0711 e. The molecule has 2 heterocycles. The Bertz CT molecular complexity index is 437. The fourth-order valence-electron chi connectivity index (χ4n) is 6.39. The Labute approximate surface area is 157 Å². The van der Waals surface area contributed by atoms with E-state index >= 15 is 0 Å². The van der Waals surface area contributed by atoms with Crippen LogP contribution in [0.3, 0.4) is 0 Å². The van der Waals surface area contributed by atoms with Gasteiger partial charge in [-0.05, 0) is 81.6 Å². The van der Waals surface area contributed by atoms with Crippen molar-refractivity contribution in [2.75, 3.05) is 19.8 Å². The van der Waals surface area contributed by atoms with Crippen molar-refractivity contribution in [3.8, 4) is 0 Å². The van der Waals surface area contributed by atoms with Crippen LogP contribution in [-0.2, 0) is 4.74 Å². The predicted molar refractivity (Wildman–Crippen MR) is 107 cm³/mol. The molecule has 0 radical (unpaired) electrons. The molecule has 0 bridgehead atoms. The summed E-state index contributed by atoms with van der Waals surface area (Å²) in [6.45, 7) is 18.0. The van der Waals surface area contributed by atoms with Crippen LogP contribution in [0.25, 0.3) is 0 Å². The minimum Gasteiger partial charge on any atom is -0.377 e. The molecular formula is C23H43NO. The zero-order valence-corrected chi connectivity index (χ0v) is 17.8. The second kappa shape index (κ2) is 7.50. The van der Waals surface area contributed by atoms with E-state index in [1.807, 2.05) is 0 Å². The van der Waals surface area contributed by atoms with Gasteiger partial charge >= 0.3 is 0 Å². The van der Waals surface area contributed by atoms with E-state index in [1.54, 1.807) is 0 Å². The molecule has 2 heteroatoms. The number of likely N-dealkylation sites (tertiary alicyclic amines) is 1. The number of ether oxygens (including phenoxy) is 1. The number of piperidine rings is 1. The predicted octanol–water partition coefficient (Wildman–Crippen LogP) is 5.75. The van der Waals surface area contributed by atoms with Gasteiger partial charge in [-0.15, -0.1) is 0 Å². The van der Waals surface area contributed by atoms with Crippen molar-refractivity contribution >= 4 is 0 Å². The lowest BCUT2D eigenvalue weighted by Gasteiger charge is -2.61. The highest BCUT2D eigenvalue weighted by molar-refractivity contribution is 5.08. The lowest BCUT2D eigenvalue weighted by atomic mass is 9.61. The molecule has 25 heavy (non-hydrogen) atoms. The molecule has 3 atom stereocenters. The molecule has 3 aliphatic rings. The van der Waals surface area contributed by atoms with E-state index in [9.17, 15) is 0 Å². The third-order valence-electron chi connectivity index (χ3n) is 7.88. The summed E-state index contributed by atoms with van der Waals surface area (Å²) in [5.74, 6) is 3.49. The average molecular weight is 350 g/mol. The highest BCUT2D eigenvalue weighted by Gasteiger charge is 2.55. The molecule has 0 aromatic rings. The van der Waals surface area contributed by atoms with Gasteiger partial charge in [-0.25, -0.2) is 0 Å². The Hall–Kier alpha value is -0.0800. The topological polar surface area (TPSA) is 12.5 Å². The van der Waals surface area contributed by atoms with E-state index in [0.717, 1.165) is 36.9 Å². The van der Waals surface area contributed by atoms with Gasteiger partial charge in [0, 0.05) is 6.04 Å². The van der Waals surface area contributed by atoms with Crippen LogP contribution >= 0.6 is 0 Å². The van der Waals surface area contributed by atoms with E-state index in [2.05, 4.69) is 46.4 Å². The monoisotopic (exact) mass is 349 g/mol. The highest BCUT2D eigenvalue weighted by atomic mass is 16.5. The van der Waals surface area contributed by atoms with Crippen molar-refractivity contribution in [1.82, 2.24) is 4.90 Å². The largest absolute Gasteiger partial charge is 0.377 e. The number of fused-ring (bicyclic) bond motifs is 2. The third kappa shape index (κ3) is 3.95. The fourth-order valence-corrected chi connectivity index (χ4v) is 6.39. The average Bonchev–Trinajstić information content (AvgIpc) is 2.48. The normalized spacial score (nSPS) is 36.2. The molecule has 1 saturated carbocycles. The summed E-state index contributed by atoms with van der Waals surface area (Å²) in [6, 6.07) is 0.653. The molecule has 1 spiro atoms. The Morgan fingerprint density at radius 3 is 2.28 bits per heavy atom. The molecule has 0 aromatic heterocycles. The van der Waals surface area contributed by atoms with Crippen LogP contribution in [0.1, 0.15) is 86.5 Å². The van der Waals surface area contributed by atoms with Gasteiger partial charge in [0.25, 0.3) is 0 Å². The summed E-state index contributed by atoms with van der Waals surface area (Å²) in [5.41, 5.74) is 0.894. The Kier molecular flexibility index (Phi) is 5.91. The lowest BCUT2D eigenvalue weighted by Crippen LogP contribution is -2.71. The van der Waals surface area contributed by atoms with Crippen molar-refractivity contribution in [1.29, 1.82) is 0 Å². The van der Waals surface area contributed by atoms with Gasteiger partial charge in [-0.3, -0.25) is 4.90 Å². The molecule has 146 valence electrons. The van der Waals surface area contributed by atoms with Gasteiger partial charge in [0.15, 0.2) is 0 Å². The summed E-state index contributed by atoms with van der Waals surface area (Å²) in [4.78, 5) is 2.82. The zero-order valence-electron chi connectivity index (χ0n) is 17.8. The van der Waals surface area contributed by atoms with Crippen LogP contribution in [0.2, 0.25) is 0 Å². The molecule has 3 fully saturated rings. The van der Waals surface area contributed by atoms with E-state index < -0.39 is 0 Å². The van der Waals surface area contributed by atoms with Gasteiger partial charge in [-0.2, -0.15) is 0 Å². The first-order valence-corrected chi connectivity index (χ1v) is 11.1. The maximum absolute atomic E-state index is 5.84. The Morgan fingerprint density at radius 1 is 1.00 bits per heavy atom. The van der Waals surface area contributed by atoms with Crippen LogP contribution < -0.4 is 0 Å². The number of nitrogens with zero attached hydrogens (tertiary/aromatic N) is 1. The second-order valence-corrected chi connectivity index (χ2v) is 10.9. The molecular weight excluding hydrogens is 306 g/mol. The molecule has 1 aliphatic carbocycles. The second-order valence-electron chi connectivity index (χ2n) is 10.9. The third-order valence-corrected chi connectivity index (χ3v) is 7.88. The minimum atomic E-state index is 0.368. The molecule has 0 amide bonds. The number of rotatable bonds is 2. The molecule has 2 aliphatic heterocycles.